The molecule has 0 heterocycles. The number of methoxy groups -OCH3 is 1. The van der Waals surface area contributed by atoms with Gasteiger partial charge in [-0.05, 0) is 82.1 Å². The average Bonchev–Trinajstić information content (AvgIpc) is 3.31. The van der Waals surface area contributed by atoms with Crippen LogP contribution < -0.4 is 20.7 Å². The zero-order valence-electron chi connectivity index (χ0n) is 44.1. The molecule has 2 aromatic rings. The molecule has 0 aliphatic heterocycles. The Balaban J connectivity index is 2.19. The summed E-state index contributed by atoms with van der Waals surface area (Å²) < 4.78 is 22.1. The van der Waals surface area contributed by atoms with Crippen molar-refractivity contribution in [2.45, 2.75) is 144 Å². The highest BCUT2D eigenvalue weighted by atomic mass is 16.6. The molecule has 390 valence electrons. The molecular formula is C52H80N6O12. The molecular weight excluding hydrogens is 901 g/mol. The summed E-state index contributed by atoms with van der Waals surface area (Å²) in [6.07, 6.45) is -0.783. The molecule has 18 heteroatoms. The summed E-state index contributed by atoms with van der Waals surface area (Å²) in [6.45, 7) is 18.3. The monoisotopic (exact) mass is 981 g/mol. The van der Waals surface area contributed by atoms with E-state index in [2.05, 4.69) is 16.0 Å². The molecule has 7 atom stereocenters. The number of nitrogens with one attached hydrogen (secondary N) is 3. The zero-order chi connectivity index (χ0) is 53.0. The van der Waals surface area contributed by atoms with Crippen LogP contribution in [-0.2, 0) is 60.8 Å². The minimum Gasteiger partial charge on any atom is -0.497 e. The van der Waals surface area contributed by atoms with Crippen LogP contribution in [0.5, 0.6) is 5.75 Å². The van der Waals surface area contributed by atoms with Crippen LogP contribution in [-0.4, -0.2) is 139 Å². The normalized spacial score (nSPS) is 14.4. The van der Waals surface area contributed by atoms with E-state index in [9.17, 15) is 38.4 Å². The third-order valence-electron chi connectivity index (χ3n) is 12.1. The van der Waals surface area contributed by atoms with E-state index < -0.39 is 114 Å². The first-order valence-electron chi connectivity index (χ1n) is 24.1. The summed E-state index contributed by atoms with van der Waals surface area (Å²) >= 11 is 0. The molecule has 0 spiro atoms. The van der Waals surface area contributed by atoms with E-state index in [1.165, 1.54) is 35.8 Å². The van der Waals surface area contributed by atoms with E-state index in [4.69, 9.17) is 18.9 Å². The summed E-state index contributed by atoms with van der Waals surface area (Å²) in [4.78, 5) is 112. The third-order valence-corrected chi connectivity index (χ3v) is 12.1. The number of esters is 2. The SMILES string of the molecule is CC[C@H](C)[C@H](OC(=O)[C@@H](C)[C@@H](CC)NC(=O)OC(C)(C)C)C(=O)NCC(=O)N(C)[C@@H](CC(C)C)C(=O)NCC(=O)N(C)[C@H](C(=O)N(C)[C@@H](Cc1ccc(OC)cc1)C(=O)OCc1ccccc1)C(C)C. The van der Waals surface area contributed by atoms with Gasteiger partial charge in [0.25, 0.3) is 5.91 Å². The van der Waals surface area contributed by atoms with E-state index in [0.29, 0.717) is 18.6 Å². The Kier molecular flexibility index (Phi) is 24.4. The van der Waals surface area contributed by atoms with Crippen LogP contribution in [0.3, 0.4) is 0 Å². The molecule has 70 heavy (non-hydrogen) atoms. The van der Waals surface area contributed by atoms with E-state index in [1.54, 1.807) is 86.8 Å². The average molecular weight is 981 g/mol. The van der Waals surface area contributed by atoms with Crippen LogP contribution in [0.1, 0.15) is 107 Å². The predicted molar refractivity (Wildman–Crippen MR) is 265 cm³/mol. The maximum atomic E-state index is 14.4. The van der Waals surface area contributed by atoms with Crippen molar-refractivity contribution < 1.29 is 57.3 Å². The first kappa shape index (κ1) is 59.9. The van der Waals surface area contributed by atoms with Gasteiger partial charge in [-0.2, -0.15) is 0 Å². The van der Waals surface area contributed by atoms with Crippen LogP contribution in [0, 0.1) is 23.7 Å². The maximum Gasteiger partial charge on any atom is 0.407 e. The van der Waals surface area contributed by atoms with E-state index >= 15 is 0 Å². The number of hydrogen-bond acceptors (Lipinski definition) is 12. The van der Waals surface area contributed by atoms with Crippen molar-refractivity contribution in [2.24, 2.45) is 23.7 Å². The number of nitrogens with zero attached hydrogens (tertiary/aromatic N) is 3. The Bertz CT molecular complexity index is 2040. The number of amides is 6. The topological polar surface area (TPSA) is 219 Å². The molecule has 0 aliphatic carbocycles. The number of alkyl carbamates (subject to hydrolysis) is 1. The molecule has 2 aromatic carbocycles. The third kappa shape index (κ3) is 18.9. The molecule has 0 unspecified atom stereocenters. The van der Waals surface area contributed by atoms with Crippen molar-refractivity contribution in [1.82, 2.24) is 30.7 Å². The Morgan fingerprint density at radius 2 is 1.24 bits per heavy atom. The first-order chi connectivity index (χ1) is 32.8. The van der Waals surface area contributed by atoms with Crippen LogP contribution in [0.4, 0.5) is 4.79 Å². The fraction of sp³-hybridized carbons (Fsp3) is 0.615. The van der Waals surface area contributed by atoms with Crippen molar-refractivity contribution >= 4 is 47.6 Å². The van der Waals surface area contributed by atoms with Gasteiger partial charge in [-0.15, -0.1) is 0 Å². The lowest BCUT2D eigenvalue weighted by atomic mass is 9.98. The second kappa shape index (κ2) is 28.5. The van der Waals surface area contributed by atoms with Gasteiger partial charge in [0, 0.05) is 39.5 Å². The highest BCUT2D eigenvalue weighted by molar-refractivity contribution is 5.95. The Labute approximate surface area is 415 Å². The predicted octanol–water partition coefficient (Wildman–Crippen LogP) is 5.29. The van der Waals surface area contributed by atoms with Crippen molar-refractivity contribution in [3.8, 4) is 5.75 Å². The molecule has 6 amide bonds. The van der Waals surface area contributed by atoms with Gasteiger partial charge in [-0.1, -0.05) is 90.9 Å². The number of likely N-dealkylation sites (N-methyl/N-ethyl adjacent to an activating group) is 3. The number of ether oxygens (including phenoxy) is 4. The number of hydrogen-bond donors (Lipinski definition) is 3. The van der Waals surface area contributed by atoms with Crippen LogP contribution in [0.25, 0.3) is 0 Å². The van der Waals surface area contributed by atoms with Crippen molar-refractivity contribution in [3.63, 3.8) is 0 Å². The van der Waals surface area contributed by atoms with E-state index in [1.807, 2.05) is 51.1 Å². The largest absolute Gasteiger partial charge is 0.497 e. The number of benzene rings is 2. The fourth-order valence-electron chi connectivity index (χ4n) is 7.54. The second-order valence-electron chi connectivity index (χ2n) is 19.6. The minimum absolute atomic E-state index is 0.00627. The van der Waals surface area contributed by atoms with Gasteiger partial charge >= 0.3 is 18.0 Å². The van der Waals surface area contributed by atoms with Crippen LogP contribution in [0.15, 0.2) is 54.6 Å². The van der Waals surface area contributed by atoms with Crippen molar-refractivity contribution in [3.05, 3.63) is 65.7 Å². The Morgan fingerprint density at radius 3 is 1.76 bits per heavy atom. The smallest absolute Gasteiger partial charge is 0.407 e. The molecule has 0 aromatic heterocycles. The van der Waals surface area contributed by atoms with Gasteiger partial charge in [0.05, 0.1) is 26.1 Å². The van der Waals surface area contributed by atoms with Crippen molar-refractivity contribution in [2.75, 3.05) is 41.3 Å². The Morgan fingerprint density at radius 1 is 0.671 bits per heavy atom. The standard InChI is InChI=1S/C52H80N6O12/c1-16-34(7)45(69-49(64)35(8)39(17-2)55-51(66)70-52(9,10)11)47(62)54-29-42(59)56(12)40(27-32(3)4)46(61)53-30-43(60)58(14)44(33(5)6)48(63)57(13)41(28-36-23-25-38(67-15)26-24-36)50(65)68-31-37-21-19-18-20-22-37/h18-26,32-35,39-41,44-45H,16-17,27-31H2,1-15H3,(H,53,61)(H,54,62)(H,55,66)/t34-,35-,39+,40-,41-,44-,45-/m0/s1. The van der Waals surface area contributed by atoms with Gasteiger partial charge in [0.15, 0.2) is 6.10 Å². The van der Waals surface area contributed by atoms with Gasteiger partial charge < -0.3 is 49.6 Å². The second-order valence-corrected chi connectivity index (χ2v) is 19.6. The summed E-state index contributed by atoms with van der Waals surface area (Å²) in [5, 5.41) is 7.91. The molecule has 0 fully saturated rings. The number of carbonyl (C=O) groups excluding carboxylic acids is 8. The molecule has 0 bridgehead atoms. The fourth-order valence-corrected chi connectivity index (χ4v) is 7.54. The lowest BCUT2D eigenvalue weighted by Crippen LogP contribution is -2.57. The molecule has 0 saturated heterocycles. The lowest BCUT2D eigenvalue weighted by molar-refractivity contribution is -0.163. The van der Waals surface area contributed by atoms with E-state index in [0.717, 1.165) is 11.1 Å². The molecule has 18 nitrogen and oxygen atoms in total. The molecule has 0 aliphatic rings. The van der Waals surface area contributed by atoms with Crippen LogP contribution >= 0.6 is 0 Å². The first-order valence-corrected chi connectivity index (χ1v) is 24.1. The molecule has 2 rings (SSSR count). The lowest BCUT2D eigenvalue weighted by Gasteiger charge is -2.36. The summed E-state index contributed by atoms with van der Waals surface area (Å²) in [5.74, 6) is -5.57. The number of rotatable bonds is 26. The van der Waals surface area contributed by atoms with Crippen LogP contribution in [0.2, 0.25) is 0 Å². The van der Waals surface area contributed by atoms with Gasteiger partial charge in [0.1, 0.15) is 36.1 Å². The summed E-state index contributed by atoms with van der Waals surface area (Å²) in [6, 6.07) is 12.5. The van der Waals surface area contributed by atoms with E-state index in [-0.39, 0.29) is 25.4 Å². The summed E-state index contributed by atoms with van der Waals surface area (Å²) in [7, 11) is 5.91. The van der Waals surface area contributed by atoms with Gasteiger partial charge in [0.2, 0.25) is 23.6 Å². The highest BCUT2D eigenvalue weighted by Crippen LogP contribution is 2.21. The molecule has 0 saturated carbocycles. The quantitative estimate of drug-likeness (QED) is 0.0809. The summed E-state index contributed by atoms with van der Waals surface area (Å²) in [5.41, 5.74) is 0.768. The zero-order valence-corrected chi connectivity index (χ0v) is 44.1. The molecule has 3 N–H and O–H groups in total. The van der Waals surface area contributed by atoms with Gasteiger partial charge in [-0.3, -0.25) is 28.8 Å². The Hall–Kier alpha value is -6.20. The highest BCUT2D eigenvalue weighted by Gasteiger charge is 2.39. The maximum absolute atomic E-state index is 14.4. The molecule has 0 radical (unpaired) electrons. The number of carbonyl (C=O) groups is 8. The van der Waals surface area contributed by atoms with Crippen molar-refractivity contribution in [1.29, 1.82) is 0 Å². The van der Waals surface area contributed by atoms with Gasteiger partial charge in [-0.25, -0.2) is 9.59 Å². The minimum atomic E-state index is -1.26.